The number of carbonyl (C=O) groups is 1. The average Bonchev–Trinajstić information content (AvgIpc) is 3.39. The van der Waals surface area contributed by atoms with E-state index in [1.807, 2.05) is 29.2 Å². The predicted octanol–water partition coefficient (Wildman–Crippen LogP) is 3.45. The number of piperidine rings is 1. The normalized spacial score (nSPS) is 15.3. The molecular weight excluding hydrogens is 433 g/mol. The minimum Gasteiger partial charge on any atom is -0.342 e. The Kier molecular flexibility index (Phi) is 6.98. The largest absolute Gasteiger partial charge is 0.342 e. The van der Waals surface area contributed by atoms with Gasteiger partial charge in [-0.25, -0.2) is 13.9 Å². The van der Waals surface area contributed by atoms with Gasteiger partial charge in [-0.05, 0) is 74.0 Å². The van der Waals surface area contributed by atoms with Crippen LogP contribution in [0.25, 0.3) is 10.5 Å². The summed E-state index contributed by atoms with van der Waals surface area (Å²) in [5.41, 5.74) is 2.81. The highest BCUT2D eigenvalue weighted by Crippen LogP contribution is 2.33. The SMILES string of the molecule is [C-]#[N+]c1cc(CCC2(N(C)C)CCN(C(=O)Cc3ccc(-n4cnnn4)cc3)CC2)ccc1F. The molecule has 1 saturated heterocycles. The highest BCUT2D eigenvalue weighted by molar-refractivity contribution is 5.79. The summed E-state index contributed by atoms with van der Waals surface area (Å²) >= 11 is 0. The third-order valence-electron chi connectivity index (χ3n) is 6.91. The second-order valence-electron chi connectivity index (χ2n) is 8.99. The summed E-state index contributed by atoms with van der Waals surface area (Å²) in [6, 6.07) is 12.5. The molecular formula is C25H28FN7O. The molecule has 4 rings (SSSR count). The highest BCUT2D eigenvalue weighted by atomic mass is 19.1. The Labute approximate surface area is 198 Å². The highest BCUT2D eigenvalue weighted by Gasteiger charge is 2.37. The Morgan fingerprint density at radius 1 is 1.15 bits per heavy atom. The molecule has 1 aliphatic rings. The molecule has 1 fully saturated rings. The fraction of sp³-hybridized carbons (Fsp3) is 0.400. The first-order valence-corrected chi connectivity index (χ1v) is 11.3. The maximum absolute atomic E-state index is 13.7. The van der Waals surface area contributed by atoms with E-state index >= 15 is 0 Å². The van der Waals surface area contributed by atoms with Crippen LogP contribution in [0, 0.1) is 12.4 Å². The summed E-state index contributed by atoms with van der Waals surface area (Å²) in [5.74, 6) is -0.347. The maximum atomic E-state index is 13.7. The molecule has 0 radical (unpaired) electrons. The molecule has 0 unspecified atom stereocenters. The second kappa shape index (κ2) is 10.1. The number of rotatable bonds is 7. The van der Waals surface area contributed by atoms with Gasteiger partial charge >= 0.3 is 0 Å². The molecule has 2 heterocycles. The molecule has 0 bridgehead atoms. The van der Waals surface area contributed by atoms with E-state index in [0.29, 0.717) is 19.5 Å². The monoisotopic (exact) mass is 461 g/mol. The van der Waals surface area contributed by atoms with Gasteiger partial charge in [-0.2, -0.15) is 0 Å². The molecule has 0 saturated carbocycles. The minimum absolute atomic E-state index is 0.0308. The number of likely N-dealkylation sites (tertiary alicyclic amines) is 1. The lowest BCUT2D eigenvalue weighted by Crippen LogP contribution is -2.54. The first kappa shape index (κ1) is 23.5. The quantitative estimate of drug-likeness (QED) is 0.504. The number of aryl methyl sites for hydroxylation is 1. The van der Waals surface area contributed by atoms with Crippen LogP contribution in [0.2, 0.25) is 0 Å². The van der Waals surface area contributed by atoms with Crippen LogP contribution in [0.15, 0.2) is 48.8 Å². The molecule has 34 heavy (non-hydrogen) atoms. The summed E-state index contributed by atoms with van der Waals surface area (Å²) in [5, 5.41) is 11.1. The van der Waals surface area contributed by atoms with Gasteiger partial charge in [0.2, 0.25) is 11.6 Å². The molecule has 0 aliphatic carbocycles. The second-order valence-corrected chi connectivity index (χ2v) is 8.99. The number of carbonyl (C=O) groups excluding carboxylic acids is 1. The molecule has 1 aliphatic heterocycles. The fourth-order valence-corrected chi connectivity index (χ4v) is 4.60. The molecule has 9 heteroatoms. The number of benzene rings is 2. The zero-order valence-corrected chi connectivity index (χ0v) is 19.5. The van der Waals surface area contributed by atoms with E-state index < -0.39 is 5.82 Å². The Balaban J connectivity index is 1.34. The summed E-state index contributed by atoms with van der Waals surface area (Å²) in [4.78, 5) is 20.4. The van der Waals surface area contributed by atoms with E-state index in [2.05, 4.69) is 39.4 Å². The summed E-state index contributed by atoms with van der Waals surface area (Å²) in [6.45, 7) is 8.54. The van der Waals surface area contributed by atoms with Crippen LogP contribution in [-0.2, 0) is 17.6 Å². The van der Waals surface area contributed by atoms with Crippen LogP contribution < -0.4 is 0 Å². The van der Waals surface area contributed by atoms with E-state index in [1.165, 1.54) is 12.4 Å². The van der Waals surface area contributed by atoms with Gasteiger partial charge in [0.15, 0.2) is 0 Å². The molecule has 0 spiro atoms. The first-order valence-electron chi connectivity index (χ1n) is 11.3. The van der Waals surface area contributed by atoms with Crippen LogP contribution in [0.1, 0.15) is 30.4 Å². The number of halogens is 1. The van der Waals surface area contributed by atoms with Crippen LogP contribution in [-0.4, -0.2) is 68.6 Å². The predicted molar refractivity (Wildman–Crippen MR) is 126 cm³/mol. The number of tetrazole rings is 1. The standard InChI is InChI=1S/C25H28FN7O/c1-27-23-16-20(6-9-22(23)26)10-11-25(31(2)3)12-14-32(15-13-25)24(34)17-19-4-7-21(8-5-19)33-18-28-29-30-33/h4-9,16,18H,10-15,17H2,2-3H3. The molecule has 8 nitrogen and oxygen atoms in total. The van der Waals surface area contributed by atoms with Crippen molar-refractivity contribution < 1.29 is 9.18 Å². The van der Waals surface area contributed by atoms with Crippen molar-refractivity contribution in [1.29, 1.82) is 0 Å². The van der Waals surface area contributed by atoms with Crippen molar-refractivity contribution in [3.8, 4) is 5.69 Å². The maximum Gasteiger partial charge on any atom is 0.226 e. The van der Waals surface area contributed by atoms with Gasteiger partial charge in [0, 0.05) is 18.6 Å². The van der Waals surface area contributed by atoms with Gasteiger partial charge in [-0.15, -0.1) is 5.10 Å². The van der Waals surface area contributed by atoms with Crippen molar-refractivity contribution in [1.82, 2.24) is 30.0 Å². The van der Waals surface area contributed by atoms with Gasteiger partial charge in [0.1, 0.15) is 12.1 Å². The molecule has 3 aromatic rings. The van der Waals surface area contributed by atoms with Crippen LogP contribution in [0.5, 0.6) is 0 Å². The number of hydrogen-bond acceptors (Lipinski definition) is 5. The van der Waals surface area contributed by atoms with Crippen molar-refractivity contribution in [3.05, 3.63) is 77.2 Å². The van der Waals surface area contributed by atoms with Crippen molar-refractivity contribution in [2.75, 3.05) is 27.2 Å². The number of nitrogens with zero attached hydrogens (tertiary/aromatic N) is 7. The zero-order chi connectivity index (χ0) is 24.1. The van der Waals surface area contributed by atoms with Gasteiger partial charge in [-0.3, -0.25) is 4.79 Å². The Morgan fingerprint density at radius 3 is 2.47 bits per heavy atom. The van der Waals surface area contributed by atoms with E-state index in [0.717, 1.165) is 42.5 Å². The van der Waals surface area contributed by atoms with Gasteiger partial charge in [0.05, 0.1) is 18.7 Å². The van der Waals surface area contributed by atoms with E-state index in [9.17, 15) is 9.18 Å². The van der Waals surface area contributed by atoms with Crippen LogP contribution >= 0.6 is 0 Å². The third-order valence-corrected chi connectivity index (χ3v) is 6.91. The number of aromatic nitrogens is 4. The Hall–Kier alpha value is -3.64. The molecule has 1 aromatic heterocycles. The number of hydrogen-bond donors (Lipinski definition) is 0. The number of amides is 1. The van der Waals surface area contributed by atoms with Gasteiger partial charge < -0.3 is 9.80 Å². The van der Waals surface area contributed by atoms with Gasteiger partial charge in [0.25, 0.3) is 0 Å². The lowest BCUT2D eigenvalue weighted by atomic mass is 9.81. The molecule has 1 amide bonds. The first-order chi connectivity index (χ1) is 16.4. The van der Waals surface area contributed by atoms with Crippen molar-refractivity contribution in [3.63, 3.8) is 0 Å². The average molecular weight is 462 g/mol. The fourth-order valence-electron chi connectivity index (χ4n) is 4.60. The lowest BCUT2D eigenvalue weighted by Gasteiger charge is -2.46. The Morgan fingerprint density at radius 2 is 1.85 bits per heavy atom. The lowest BCUT2D eigenvalue weighted by molar-refractivity contribution is -0.133. The van der Waals surface area contributed by atoms with Crippen LogP contribution in [0.3, 0.4) is 0 Å². The van der Waals surface area contributed by atoms with Crippen molar-refractivity contribution in [2.45, 2.75) is 37.6 Å². The molecule has 2 aromatic carbocycles. The van der Waals surface area contributed by atoms with Crippen molar-refractivity contribution >= 4 is 11.6 Å². The summed E-state index contributed by atoms with van der Waals surface area (Å²) in [6.07, 6.45) is 5.30. The summed E-state index contributed by atoms with van der Waals surface area (Å²) < 4.78 is 15.2. The summed E-state index contributed by atoms with van der Waals surface area (Å²) in [7, 11) is 4.16. The minimum atomic E-state index is -0.474. The molecule has 176 valence electrons. The van der Waals surface area contributed by atoms with E-state index in [4.69, 9.17) is 6.57 Å². The topological polar surface area (TPSA) is 71.5 Å². The van der Waals surface area contributed by atoms with Crippen molar-refractivity contribution in [2.24, 2.45) is 0 Å². The third kappa shape index (κ3) is 5.13. The smallest absolute Gasteiger partial charge is 0.226 e. The van der Waals surface area contributed by atoms with E-state index in [-0.39, 0.29) is 17.1 Å². The van der Waals surface area contributed by atoms with E-state index in [1.54, 1.807) is 16.8 Å². The molecule has 0 atom stereocenters. The van der Waals surface area contributed by atoms with Gasteiger partial charge in [-0.1, -0.05) is 29.8 Å². The van der Waals surface area contributed by atoms with Crippen LogP contribution in [0.4, 0.5) is 10.1 Å². The Bertz CT molecular complexity index is 1160. The molecule has 0 N–H and O–H groups in total. The zero-order valence-electron chi connectivity index (χ0n) is 19.5.